The van der Waals surface area contributed by atoms with Crippen molar-refractivity contribution in [3.8, 4) is 0 Å². The first-order chi connectivity index (χ1) is 11.4. The number of benzene rings is 2. The van der Waals surface area contributed by atoms with E-state index in [-0.39, 0.29) is 51.2 Å². The van der Waals surface area contributed by atoms with Crippen LogP contribution in [0.3, 0.4) is 0 Å². The van der Waals surface area contributed by atoms with E-state index in [1.165, 1.54) is 12.1 Å². The predicted octanol–water partition coefficient (Wildman–Crippen LogP) is 5.51. The largest absolute Gasteiger partial charge is 0.400 e. The van der Waals surface area contributed by atoms with Crippen LogP contribution in [0.1, 0.15) is 37.0 Å². The molecule has 1 aliphatic rings. The summed E-state index contributed by atoms with van der Waals surface area (Å²) < 4.78 is 41.3. The van der Waals surface area contributed by atoms with Crippen LogP contribution in [0.4, 0.5) is 13.2 Å². The van der Waals surface area contributed by atoms with E-state index in [1.54, 1.807) is 24.3 Å². The number of rotatable bonds is 2. The predicted molar refractivity (Wildman–Crippen MR) is 91.6 cm³/mol. The first-order valence-corrected chi connectivity index (χ1v) is 8.07. The van der Waals surface area contributed by atoms with Gasteiger partial charge in [0.1, 0.15) is 5.41 Å². The maximum absolute atomic E-state index is 13.8. The standard InChI is InChI=1S/C18H15F3N.C2H6.Y/c1-13-7-9-14(10-8-13)16-11-17(12-22-16,18(19,20)21)15-5-3-2-4-6-15;1-2;/h2-7,9-10H,11-12H2,1H3;1-2H3;/q-1;;. The molecular formula is C20H21F3NY-. The molecular weight excluding hydrogens is 400 g/mol. The van der Waals surface area contributed by atoms with Gasteiger partial charge in [0.2, 0.25) is 0 Å². The fourth-order valence-electron chi connectivity index (χ4n) is 2.81. The molecule has 0 spiro atoms. The molecule has 0 aromatic heterocycles. The zero-order valence-corrected chi connectivity index (χ0v) is 17.5. The van der Waals surface area contributed by atoms with E-state index in [0.717, 1.165) is 5.56 Å². The second kappa shape index (κ2) is 9.09. The summed E-state index contributed by atoms with van der Waals surface area (Å²) in [6.07, 6.45) is -4.47. The summed E-state index contributed by atoms with van der Waals surface area (Å²) in [6, 6.07) is 16.5. The molecule has 25 heavy (non-hydrogen) atoms. The van der Waals surface area contributed by atoms with Crippen molar-refractivity contribution in [1.29, 1.82) is 0 Å². The fourth-order valence-corrected chi connectivity index (χ4v) is 2.81. The van der Waals surface area contributed by atoms with Gasteiger partial charge in [0.25, 0.3) is 0 Å². The Labute approximate surface area is 172 Å². The van der Waals surface area contributed by atoms with E-state index in [4.69, 9.17) is 0 Å². The summed E-state index contributed by atoms with van der Waals surface area (Å²) in [4.78, 5) is 4.21. The third-order valence-electron chi connectivity index (χ3n) is 4.18. The van der Waals surface area contributed by atoms with Crippen LogP contribution < -0.4 is 0 Å². The van der Waals surface area contributed by atoms with Crippen LogP contribution in [0.5, 0.6) is 0 Å². The van der Waals surface area contributed by atoms with Gasteiger partial charge in [-0.15, -0.1) is 5.56 Å². The molecule has 1 heterocycles. The minimum atomic E-state index is -4.34. The Morgan fingerprint density at radius 2 is 1.68 bits per heavy atom. The summed E-state index contributed by atoms with van der Waals surface area (Å²) in [5, 5.41) is 0. The molecule has 0 amide bonds. The Morgan fingerprint density at radius 3 is 2.20 bits per heavy atom. The maximum atomic E-state index is 13.8. The van der Waals surface area contributed by atoms with Crippen molar-refractivity contribution in [3.05, 3.63) is 71.3 Å². The third-order valence-corrected chi connectivity index (χ3v) is 4.18. The molecule has 2 aromatic carbocycles. The van der Waals surface area contributed by atoms with Crippen LogP contribution in [-0.4, -0.2) is 18.4 Å². The van der Waals surface area contributed by atoms with Gasteiger partial charge in [-0.05, 0) is 17.7 Å². The van der Waals surface area contributed by atoms with E-state index in [0.29, 0.717) is 11.3 Å². The molecule has 0 fully saturated rings. The van der Waals surface area contributed by atoms with Crippen LogP contribution in [0.15, 0.2) is 53.5 Å². The Morgan fingerprint density at radius 1 is 1.04 bits per heavy atom. The molecule has 0 bridgehead atoms. The van der Waals surface area contributed by atoms with E-state index in [9.17, 15) is 13.2 Å². The van der Waals surface area contributed by atoms with Gasteiger partial charge < -0.3 is 4.99 Å². The monoisotopic (exact) mass is 421 g/mol. The number of nitrogens with zero attached hydrogens (tertiary/aromatic N) is 1. The van der Waals surface area contributed by atoms with Crippen molar-refractivity contribution in [2.75, 3.05) is 6.54 Å². The number of halogens is 3. The number of hydrogen-bond donors (Lipinski definition) is 0. The van der Waals surface area contributed by atoms with Crippen molar-refractivity contribution in [2.45, 2.75) is 38.8 Å². The zero-order valence-electron chi connectivity index (χ0n) is 14.7. The second-order valence-corrected chi connectivity index (χ2v) is 5.65. The average molecular weight is 421 g/mol. The van der Waals surface area contributed by atoms with Crippen LogP contribution >= 0.6 is 0 Å². The number of aliphatic imine (C=N–C) groups is 1. The van der Waals surface area contributed by atoms with Crippen molar-refractivity contribution in [2.24, 2.45) is 4.99 Å². The molecule has 1 unspecified atom stereocenters. The van der Waals surface area contributed by atoms with Gasteiger partial charge in [-0.2, -0.15) is 43.0 Å². The van der Waals surface area contributed by atoms with Gasteiger partial charge >= 0.3 is 6.18 Å². The summed E-state index contributed by atoms with van der Waals surface area (Å²) in [5.41, 5.74) is 0.518. The van der Waals surface area contributed by atoms with Crippen molar-refractivity contribution in [3.63, 3.8) is 0 Å². The molecule has 0 saturated carbocycles. The summed E-state index contributed by atoms with van der Waals surface area (Å²) in [7, 11) is 0. The van der Waals surface area contributed by atoms with E-state index in [1.807, 2.05) is 32.9 Å². The van der Waals surface area contributed by atoms with Crippen molar-refractivity contribution < 1.29 is 45.9 Å². The summed E-state index contributed by atoms with van der Waals surface area (Å²) in [5.74, 6) is 0. The Kier molecular flexibility index (Phi) is 8.02. The van der Waals surface area contributed by atoms with Crippen LogP contribution in [0, 0.1) is 13.0 Å². The SMILES string of the molecule is CC.Cc1[c-]cc(C2=NCC(c3ccccc3)(C(F)(F)F)C2)cc1.[Y]. The molecule has 5 heteroatoms. The smallest absolute Gasteiger partial charge is 0.301 e. The van der Waals surface area contributed by atoms with Gasteiger partial charge in [-0.25, -0.2) is 0 Å². The van der Waals surface area contributed by atoms with E-state index < -0.39 is 11.6 Å². The maximum Gasteiger partial charge on any atom is 0.400 e. The van der Waals surface area contributed by atoms with Crippen LogP contribution in [-0.2, 0) is 38.1 Å². The third kappa shape index (κ3) is 4.59. The molecule has 2 aromatic rings. The molecule has 0 saturated heterocycles. The summed E-state index contributed by atoms with van der Waals surface area (Å²) >= 11 is 0. The topological polar surface area (TPSA) is 12.4 Å². The Bertz CT molecular complexity index is 693. The van der Waals surface area contributed by atoms with Crippen LogP contribution in [0.25, 0.3) is 0 Å². The number of alkyl halides is 3. The van der Waals surface area contributed by atoms with Gasteiger partial charge in [0, 0.05) is 32.7 Å². The first-order valence-electron chi connectivity index (χ1n) is 8.07. The molecule has 1 radical (unpaired) electrons. The molecule has 131 valence electrons. The van der Waals surface area contributed by atoms with Gasteiger partial charge in [0.15, 0.2) is 0 Å². The van der Waals surface area contributed by atoms with Crippen molar-refractivity contribution >= 4 is 5.71 Å². The normalized spacial score (nSPS) is 19.4. The zero-order chi connectivity index (χ0) is 17.8. The fraction of sp³-hybridized carbons (Fsp3) is 0.350. The van der Waals surface area contributed by atoms with Gasteiger partial charge in [-0.3, -0.25) is 0 Å². The average Bonchev–Trinajstić information content (AvgIpc) is 3.05. The van der Waals surface area contributed by atoms with Crippen molar-refractivity contribution in [1.82, 2.24) is 0 Å². The van der Waals surface area contributed by atoms with Crippen LogP contribution in [0.2, 0.25) is 0 Å². The van der Waals surface area contributed by atoms with E-state index >= 15 is 0 Å². The second-order valence-electron chi connectivity index (χ2n) is 5.65. The molecule has 1 atom stereocenters. The number of hydrogen-bond acceptors (Lipinski definition) is 1. The molecule has 1 nitrogen and oxygen atoms in total. The Balaban J connectivity index is 0.00000101. The quantitative estimate of drug-likeness (QED) is 0.567. The summed E-state index contributed by atoms with van der Waals surface area (Å²) in [6.45, 7) is 5.63. The molecule has 1 aliphatic heterocycles. The minimum Gasteiger partial charge on any atom is -0.301 e. The molecule has 0 N–H and O–H groups in total. The number of aryl methyl sites for hydroxylation is 1. The molecule has 3 rings (SSSR count). The van der Waals surface area contributed by atoms with Gasteiger partial charge in [0.05, 0.1) is 6.54 Å². The van der Waals surface area contributed by atoms with Gasteiger partial charge in [-0.1, -0.05) is 51.1 Å². The Hall–Kier alpha value is -0.996. The minimum absolute atomic E-state index is 0. The first kappa shape index (κ1) is 22.0. The van der Waals surface area contributed by atoms with E-state index in [2.05, 4.69) is 11.1 Å². The molecule has 0 aliphatic carbocycles.